The number of likely N-dealkylation sites (tertiary alicyclic amines) is 1. The SMILES string of the molecule is Cc1c(O)cccc1-c1cccc(COC2(CN3CCCC(O)C3)C=C(OCc3cncc(C#N)c3)C=C[C@H]2Cl)c1C. The third kappa shape index (κ3) is 6.69. The van der Waals surface area contributed by atoms with Gasteiger partial charge < -0.3 is 19.7 Å². The van der Waals surface area contributed by atoms with Crippen molar-refractivity contribution in [3.8, 4) is 22.9 Å². The fourth-order valence-electron chi connectivity index (χ4n) is 5.68. The van der Waals surface area contributed by atoms with E-state index < -0.39 is 11.0 Å². The van der Waals surface area contributed by atoms with Gasteiger partial charge in [-0.3, -0.25) is 9.88 Å². The molecule has 0 bridgehead atoms. The van der Waals surface area contributed by atoms with E-state index in [0.717, 1.165) is 52.8 Å². The Hall–Kier alpha value is -3.67. The maximum Gasteiger partial charge on any atom is 0.123 e. The zero-order valence-corrected chi connectivity index (χ0v) is 24.7. The number of halogens is 1. The monoisotopic (exact) mass is 585 g/mol. The number of ether oxygens (including phenoxy) is 2. The van der Waals surface area contributed by atoms with Gasteiger partial charge in [-0.25, -0.2) is 0 Å². The van der Waals surface area contributed by atoms with Crippen LogP contribution in [-0.2, 0) is 22.7 Å². The van der Waals surface area contributed by atoms with E-state index in [1.54, 1.807) is 18.3 Å². The normalized spacial score (nSPS) is 22.4. The van der Waals surface area contributed by atoms with Crippen LogP contribution in [0.3, 0.4) is 0 Å². The lowest BCUT2D eigenvalue weighted by Gasteiger charge is -2.42. The summed E-state index contributed by atoms with van der Waals surface area (Å²) in [7, 11) is 0. The maximum absolute atomic E-state index is 10.4. The highest BCUT2D eigenvalue weighted by molar-refractivity contribution is 6.23. The van der Waals surface area contributed by atoms with Crippen molar-refractivity contribution < 1.29 is 19.7 Å². The summed E-state index contributed by atoms with van der Waals surface area (Å²) in [6.45, 7) is 6.43. The number of aliphatic hydroxyl groups is 1. The van der Waals surface area contributed by atoms with E-state index in [2.05, 4.69) is 28.9 Å². The first kappa shape index (κ1) is 29.8. The third-order valence-electron chi connectivity index (χ3n) is 8.10. The number of β-amino-alcohol motifs (C(OH)–C–C–N with tert-alkyl or cyclic N) is 1. The van der Waals surface area contributed by atoms with Crippen molar-refractivity contribution in [2.24, 2.45) is 0 Å². The van der Waals surface area contributed by atoms with Crippen molar-refractivity contribution in [2.75, 3.05) is 19.6 Å². The van der Waals surface area contributed by atoms with Gasteiger partial charge in [0.05, 0.1) is 23.7 Å². The molecule has 218 valence electrons. The van der Waals surface area contributed by atoms with Gasteiger partial charge >= 0.3 is 0 Å². The second-order valence-electron chi connectivity index (χ2n) is 11.1. The van der Waals surface area contributed by atoms with Gasteiger partial charge in [0.25, 0.3) is 0 Å². The molecule has 0 amide bonds. The molecule has 0 saturated carbocycles. The minimum absolute atomic E-state index is 0.245. The summed E-state index contributed by atoms with van der Waals surface area (Å²) in [4.78, 5) is 6.33. The minimum atomic E-state index is -0.918. The summed E-state index contributed by atoms with van der Waals surface area (Å²) < 4.78 is 12.9. The molecule has 1 aliphatic heterocycles. The van der Waals surface area contributed by atoms with Gasteiger partial charge in [0, 0.05) is 31.0 Å². The number of phenols is 1. The second kappa shape index (κ2) is 13.1. The molecule has 7 nitrogen and oxygen atoms in total. The topological polar surface area (TPSA) is 98.8 Å². The molecule has 2 unspecified atom stereocenters. The zero-order chi connectivity index (χ0) is 29.7. The number of phenolic OH excluding ortho intramolecular Hbond substituents is 1. The number of nitriles is 1. The van der Waals surface area contributed by atoms with Crippen LogP contribution in [-0.4, -0.2) is 56.8 Å². The Kier molecular flexibility index (Phi) is 9.30. The number of aliphatic hydroxyl groups excluding tert-OH is 1. The first-order chi connectivity index (χ1) is 20.3. The predicted octanol–water partition coefficient (Wildman–Crippen LogP) is 5.93. The molecule has 3 atom stereocenters. The number of rotatable bonds is 9. The first-order valence-corrected chi connectivity index (χ1v) is 14.7. The quantitative estimate of drug-likeness (QED) is 0.300. The Labute approximate surface area is 252 Å². The highest BCUT2D eigenvalue weighted by atomic mass is 35.5. The number of aromatic nitrogens is 1. The Morgan fingerprint density at radius 2 is 1.90 bits per heavy atom. The van der Waals surface area contributed by atoms with Gasteiger partial charge in [0.15, 0.2) is 0 Å². The minimum Gasteiger partial charge on any atom is -0.508 e. The lowest BCUT2D eigenvalue weighted by atomic mass is 9.91. The van der Waals surface area contributed by atoms with Crippen LogP contribution in [0.2, 0.25) is 0 Å². The van der Waals surface area contributed by atoms with E-state index in [0.29, 0.717) is 31.0 Å². The Morgan fingerprint density at radius 1 is 1.12 bits per heavy atom. The number of pyridine rings is 1. The number of allylic oxidation sites excluding steroid dienone is 1. The number of nitrogens with zero attached hydrogens (tertiary/aromatic N) is 3. The number of aromatic hydroxyl groups is 1. The number of piperidine rings is 1. The smallest absolute Gasteiger partial charge is 0.123 e. The van der Waals surface area contributed by atoms with Gasteiger partial charge in [-0.15, -0.1) is 11.6 Å². The molecular formula is C34H36ClN3O4. The number of benzene rings is 2. The molecule has 1 fully saturated rings. The predicted molar refractivity (Wildman–Crippen MR) is 163 cm³/mol. The Bertz CT molecular complexity index is 1530. The molecule has 2 heterocycles. The number of alkyl halides is 1. The third-order valence-corrected chi connectivity index (χ3v) is 8.62. The summed E-state index contributed by atoms with van der Waals surface area (Å²) in [6, 6.07) is 15.5. The van der Waals surface area contributed by atoms with Crippen LogP contribution in [0.1, 0.15) is 40.7 Å². The summed E-state index contributed by atoms with van der Waals surface area (Å²) in [5, 5.41) is 29.4. The van der Waals surface area contributed by atoms with Crippen molar-refractivity contribution in [1.29, 1.82) is 5.26 Å². The summed E-state index contributed by atoms with van der Waals surface area (Å²) in [5.41, 5.74) is 5.28. The fourth-order valence-corrected chi connectivity index (χ4v) is 5.95. The van der Waals surface area contributed by atoms with Crippen LogP contribution in [0.4, 0.5) is 0 Å². The molecule has 0 spiro atoms. The van der Waals surface area contributed by atoms with Crippen molar-refractivity contribution in [3.05, 3.63) is 107 Å². The largest absolute Gasteiger partial charge is 0.508 e. The van der Waals surface area contributed by atoms with Crippen LogP contribution < -0.4 is 0 Å². The van der Waals surface area contributed by atoms with E-state index in [1.807, 2.05) is 49.4 Å². The molecular weight excluding hydrogens is 550 g/mol. The van der Waals surface area contributed by atoms with Crippen molar-refractivity contribution >= 4 is 11.6 Å². The second-order valence-corrected chi connectivity index (χ2v) is 11.6. The first-order valence-electron chi connectivity index (χ1n) is 14.2. The van der Waals surface area contributed by atoms with E-state index in [1.165, 1.54) is 6.20 Å². The molecule has 3 aromatic rings. The highest BCUT2D eigenvalue weighted by Gasteiger charge is 2.41. The van der Waals surface area contributed by atoms with E-state index in [9.17, 15) is 15.5 Å². The van der Waals surface area contributed by atoms with Crippen LogP contribution in [0.25, 0.3) is 11.1 Å². The molecule has 1 saturated heterocycles. The number of hydrogen-bond donors (Lipinski definition) is 2. The van der Waals surface area contributed by atoms with E-state index in [-0.39, 0.29) is 18.5 Å². The molecule has 1 aliphatic carbocycles. The molecule has 42 heavy (non-hydrogen) atoms. The standard InChI is InChI=1S/C34H36ClN3O4/c1-23-27(6-3-8-30(23)31-9-4-10-32(40)24(31)2)21-42-34(22-38-13-5-7-28(39)19-38)15-29(11-12-33(34)35)41-20-26-14-25(16-36)17-37-18-26/h3-4,6,8-12,14-15,17-18,28,33,39-40H,5,7,13,19-22H2,1-2H3/t28?,33-,34?/m1/s1. The van der Waals surface area contributed by atoms with Gasteiger partial charge in [-0.2, -0.15) is 5.26 Å². The summed E-state index contributed by atoms with van der Waals surface area (Å²) in [6.07, 6.45) is 10.2. The Balaban J connectivity index is 1.42. The molecule has 0 radical (unpaired) electrons. The molecule has 5 rings (SSSR count). The van der Waals surface area contributed by atoms with Gasteiger partial charge in [-0.1, -0.05) is 36.4 Å². The van der Waals surface area contributed by atoms with Gasteiger partial charge in [0.2, 0.25) is 0 Å². The molecule has 8 heteroatoms. The van der Waals surface area contributed by atoms with Gasteiger partial charge in [-0.05, 0) is 85.3 Å². The molecule has 1 aromatic heterocycles. The number of hydrogen-bond acceptors (Lipinski definition) is 7. The summed E-state index contributed by atoms with van der Waals surface area (Å²) >= 11 is 7.01. The average Bonchev–Trinajstić information content (AvgIpc) is 2.99. The Morgan fingerprint density at radius 3 is 2.69 bits per heavy atom. The van der Waals surface area contributed by atoms with Crippen LogP contribution in [0.15, 0.2) is 78.8 Å². The molecule has 2 aromatic carbocycles. The lowest BCUT2D eigenvalue weighted by molar-refractivity contribution is -0.0537. The molecule has 2 N–H and O–H groups in total. The van der Waals surface area contributed by atoms with Crippen LogP contribution >= 0.6 is 11.6 Å². The average molecular weight is 586 g/mol. The van der Waals surface area contributed by atoms with Crippen molar-refractivity contribution in [3.63, 3.8) is 0 Å². The van der Waals surface area contributed by atoms with Crippen LogP contribution in [0.5, 0.6) is 5.75 Å². The molecule has 2 aliphatic rings. The van der Waals surface area contributed by atoms with Crippen molar-refractivity contribution in [1.82, 2.24) is 9.88 Å². The van der Waals surface area contributed by atoms with Crippen LogP contribution in [0, 0.1) is 25.2 Å². The fraction of sp³-hybridized carbons (Fsp3) is 0.353. The van der Waals surface area contributed by atoms with Crippen molar-refractivity contribution in [2.45, 2.75) is 57.0 Å². The lowest BCUT2D eigenvalue weighted by Crippen LogP contribution is -2.53. The highest BCUT2D eigenvalue weighted by Crippen LogP contribution is 2.36. The van der Waals surface area contributed by atoms with E-state index >= 15 is 0 Å². The van der Waals surface area contributed by atoms with Gasteiger partial charge in [0.1, 0.15) is 29.8 Å². The maximum atomic E-state index is 10.4. The zero-order valence-electron chi connectivity index (χ0n) is 24.0. The van der Waals surface area contributed by atoms with E-state index in [4.69, 9.17) is 21.1 Å². The summed E-state index contributed by atoms with van der Waals surface area (Å²) in [5.74, 6) is 0.885.